The van der Waals surface area contributed by atoms with E-state index < -0.39 is 0 Å². The molecule has 1 aromatic carbocycles. The molecule has 1 spiro atoms. The van der Waals surface area contributed by atoms with Crippen molar-refractivity contribution < 1.29 is 4.79 Å². The standard InChI is InChI=1S/C21H23N5O2/c27-19(17-13-21(17)7-9-22-10-8-21)23-16-5-3-4-15(12-16)14-26-20(28)25-11-2-1-6-18(25)24-26/h1-6,11-12,17,22H,7-10,13-14H2,(H,23,27). The molecule has 144 valence electrons. The van der Waals surface area contributed by atoms with Gasteiger partial charge in [0.05, 0.1) is 6.54 Å². The second kappa shape index (κ2) is 6.60. The van der Waals surface area contributed by atoms with Gasteiger partial charge in [-0.15, -0.1) is 5.10 Å². The molecule has 2 N–H and O–H groups in total. The number of fused-ring (bicyclic) bond motifs is 1. The summed E-state index contributed by atoms with van der Waals surface area (Å²) in [5.74, 6) is 0.239. The molecule has 0 radical (unpaired) electrons. The summed E-state index contributed by atoms with van der Waals surface area (Å²) in [4.78, 5) is 25.1. The highest BCUT2D eigenvalue weighted by Gasteiger charge is 2.57. The molecule has 1 saturated carbocycles. The van der Waals surface area contributed by atoms with E-state index in [0.717, 1.165) is 43.6 Å². The van der Waals surface area contributed by atoms with E-state index in [2.05, 4.69) is 15.7 Å². The Hall–Kier alpha value is -2.93. The van der Waals surface area contributed by atoms with Crippen LogP contribution in [0, 0.1) is 11.3 Å². The van der Waals surface area contributed by atoms with Crippen molar-refractivity contribution in [3.05, 3.63) is 64.7 Å². The number of benzene rings is 1. The predicted octanol–water partition coefficient (Wildman–Crippen LogP) is 1.87. The van der Waals surface area contributed by atoms with Crippen LogP contribution >= 0.6 is 0 Å². The summed E-state index contributed by atoms with van der Waals surface area (Å²) in [6.07, 6.45) is 4.88. The summed E-state index contributed by atoms with van der Waals surface area (Å²) in [7, 11) is 0. The molecule has 1 amide bonds. The molecule has 0 bridgehead atoms. The maximum atomic E-state index is 12.7. The summed E-state index contributed by atoms with van der Waals surface area (Å²) in [5, 5.41) is 10.8. The average molecular weight is 377 g/mol. The highest BCUT2D eigenvalue weighted by molar-refractivity contribution is 5.95. The predicted molar refractivity (Wildman–Crippen MR) is 106 cm³/mol. The van der Waals surface area contributed by atoms with Gasteiger partial charge in [-0.1, -0.05) is 18.2 Å². The number of piperidine rings is 1. The van der Waals surface area contributed by atoms with Crippen LogP contribution < -0.4 is 16.3 Å². The van der Waals surface area contributed by atoms with Gasteiger partial charge < -0.3 is 10.6 Å². The SMILES string of the molecule is O=C(Nc1cccc(Cn2nc3ccccn3c2=O)c1)C1CC12CCNCC2. The van der Waals surface area contributed by atoms with Crippen LogP contribution in [0.1, 0.15) is 24.8 Å². The van der Waals surface area contributed by atoms with Gasteiger partial charge >= 0.3 is 5.69 Å². The number of nitrogens with one attached hydrogen (secondary N) is 2. The summed E-state index contributed by atoms with van der Waals surface area (Å²) in [6.45, 7) is 2.38. The van der Waals surface area contributed by atoms with E-state index >= 15 is 0 Å². The molecular weight excluding hydrogens is 354 g/mol. The van der Waals surface area contributed by atoms with Crippen molar-refractivity contribution >= 4 is 17.2 Å². The largest absolute Gasteiger partial charge is 0.350 e. The molecule has 7 nitrogen and oxygen atoms in total. The molecule has 28 heavy (non-hydrogen) atoms. The Balaban J connectivity index is 1.30. The molecule has 2 fully saturated rings. The van der Waals surface area contributed by atoms with Gasteiger partial charge in [0.15, 0.2) is 5.65 Å². The van der Waals surface area contributed by atoms with Gasteiger partial charge in [-0.25, -0.2) is 9.48 Å². The van der Waals surface area contributed by atoms with E-state index in [9.17, 15) is 9.59 Å². The number of rotatable bonds is 4. The minimum atomic E-state index is -0.170. The normalized spacial score (nSPS) is 20.4. The lowest BCUT2D eigenvalue weighted by Gasteiger charge is -2.23. The molecule has 1 aliphatic heterocycles. The van der Waals surface area contributed by atoms with E-state index in [0.29, 0.717) is 12.2 Å². The van der Waals surface area contributed by atoms with Crippen molar-refractivity contribution in [3.63, 3.8) is 0 Å². The van der Waals surface area contributed by atoms with Crippen molar-refractivity contribution in [3.8, 4) is 0 Å². The first kappa shape index (κ1) is 17.2. The summed E-state index contributed by atoms with van der Waals surface area (Å²) < 4.78 is 2.97. The maximum Gasteiger partial charge on any atom is 0.350 e. The molecular formula is C21H23N5O2. The number of pyridine rings is 1. The third-order valence-corrected chi connectivity index (χ3v) is 6.12. The number of aromatic nitrogens is 3. The minimum absolute atomic E-state index is 0.115. The van der Waals surface area contributed by atoms with Crippen LogP contribution in [-0.4, -0.2) is 33.2 Å². The zero-order chi connectivity index (χ0) is 19.1. The molecule has 1 aliphatic carbocycles. The van der Waals surface area contributed by atoms with Crippen LogP contribution in [0.25, 0.3) is 5.65 Å². The minimum Gasteiger partial charge on any atom is -0.326 e. The first-order valence-corrected chi connectivity index (χ1v) is 9.79. The van der Waals surface area contributed by atoms with Gasteiger partial charge in [0, 0.05) is 17.8 Å². The van der Waals surface area contributed by atoms with Crippen molar-refractivity contribution in [2.75, 3.05) is 18.4 Å². The van der Waals surface area contributed by atoms with E-state index in [4.69, 9.17) is 0 Å². The Kier molecular flexibility index (Phi) is 4.05. The smallest absolute Gasteiger partial charge is 0.326 e. The van der Waals surface area contributed by atoms with Crippen LogP contribution in [0.15, 0.2) is 53.5 Å². The molecule has 1 atom stereocenters. The fraction of sp³-hybridized carbons (Fsp3) is 0.381. The van der Waals surface area contributed by atoms with Crippen LogP contribution in [0.5, 0.6) is 0 Å². The first-order chi connectivity index (χ1) is 13.6. The van der Waals surface area contributed by atoms with Gasteiger partial charge in [-0.05, 0) is 67.6 Å². The summed E-state index contributed by atoms with van der Waals surface area (Å²) in [6, 6.07) is 13.1. The fourth-order valence-electron chi connectivity index (χ4n) is 4.42. The third-order valence-electron chi connectivity index (χ3n) is 6.12. The number of anilines is 1. The number of carbonyl (C=O) groups is 1. The summed E-state index contributed by atoms with van der Waals surface area (Å²) >= 11 is 0. The zero-order valence-electron chi connectivity index (χ0n) is 15.6. The lowest BCUT2D eigenvalue weighted by Crippen LogP contribution is -2.31. The van der Waals surface area contributed by atoms with Crippen molar-refractivity contribution in [1.29, 1.82) is 0 Å². The molecule has 3 aromatic rings. The van der Waals surface area contributed by atoms with Crippen molar-refractivity contribution in [1.82, 2.24) is 19.5 Å². The Morgan fingerprint density at radius 3 is 2.89 bits per heavy atom. The van der Waals surface area contributed by atoms with E-state index in [1.807, 2.05) is 36.4 Å². The van der Waals surface area contributed by atoms with Gasteiger partial charge in [0.1, 0.15) is 0 Å². The monoisotopic (exact) mass is 377 g/mol. The average Bonchev–Trinajstić information content (AvgIpc) is 3.31. The van der Waals surface area contributed by atoms with Crippen LogP contribution in [0.2, 0.25) is 0 Å². The number of carbonyl (C=O) groups excluding carboxylic acids is 1. The lowest BCUT2D eigenvalue weighted by atomic mass is 9.92. The number of hydrogen-bond donors (Lipinski definition) is 2. The van der Waals surface area contributed by atoms with Crippen molar-refractivity contribution in [2.24, 2.45) is 11.3 Å². The maximum absolute atomic E-state index is 12.7. The van der Waals surface area contributed by atoms with Gasteiger partial charge in [0.2, 0.25) is 5.91 Å². The van der Waals surface area contributed by atoms with E-state index in [1.54, 1.807) is 12.3 Å². The molecule has 2 aromatic heterocycles. The zero-order valence-corrected chi connectivity index (χ0v) is 15.6. The van der Waals surface area contributed by atoms with E-state index in [-0.39, 0.29) is 22.9 Å². The van der Waals surface area contributed by atoms with Crippen LogP contribution in [0.4, 0.5) is 5.69 Å². The Labute approximate surface area is 162 Å². The quantitative estimate of drug-likeness (QED) is 0.727. The first-order valence-electron chi connectivity index (χ1n) is 9.79. The topological polar surface area (TPSA) is 80.4 Å². The Morgan fingerprint density at radius 1 is 1.21 bits per heavy atom. The highest BCUT2D eigenvalue weighted by atomic mass is 16.2. The second-order valence-electron chi connectivity index (χ2n) is 7.93. The van der Waals surface area contributed by atoms with Crippen molar-refractivity contribution in [2.45, 2.75) is 25.8 Å². The van der Waals surface area contributed by atoms with Gasteiger partial charge in [0.25, 0.3) is 0 Å². The summed E-state index contributed by atoms with van der Waals surface area (Å²) in [5.41, 5.74) is 2.37. The van der Waals surface area contributed by atoms with Crippen LogP contribution in [-0.2, 0) is 11.3 Å². The Morgan fingerprint density at radius 2 is 2.07 bits per heavy atom. The van der Waals surface area contributed by atoms with Crippen LogP contribution in [0.3, 0.4) is 0 Å². The second-order valence-corrected chi connectivity index (χ2v) is 7.93. The van der Waals surface area contributed by atoms with Gasteiger partial charge in [-0.3, -0.25) is 9.20 Å². The highest BCUT2D eigenvalue weighted by Crippen LogP contribution is 2.58. The molecule has 2 aliphatic rings. The molecule has 5 rings (SSSR count). The van der Waals surface area contributed by atoms with Gasteiger partial charge in [-0.2, -0.15) is 0 Å². The lowest BCUT2D eigenvalue weighted by molar-refractivity contribution is -0.118. The molecule has 1 saturated heterocycles. The molecule has 3 heterocycles. The fourth-order valence-corrected chi connectivity index (χ4v) is 4.42. The Bertz CT molecular complexity index is 1090. The number of nitrogens with zero attached hydrogens (tertiary/aromatic N) is 3. The molecule has 7 heteroatoms. The third kappa shape index (κ3) is 3.01. The van der Waals surface area contributed by atoms with E-state index in [1.165, 1.54) is 9.08 Å². The number of amides is 1. The molecule has 1 unspecified atom stereocenters. The number of hydrogen-bond acceptors (Lipinski definition) is 4.